The van der Waals surface area contributed by atoms with E-state index in [1.54, 1.807) is 50.4 Å². The van der Waals surface area contributed by atoms with E-state index in [1.165, 1.54) is 4.90 Å². The number of hydrogen-bond acceptors (Lipinski definition) is 5. The van der Waals surface area contributed by atoms with Crippen LogP contribution < -0.4 is 14.4 Å². The number of nitrogens with zero attached hydrogens (tertiary/aromatic N) is 2. The Balaban J connectivity index is 2.09. The lowest BCUT2D eigenvalue weighted by molar-refractivity contribution is -0.140. The first-order valence-electron chi connectivity index (χ1n) is 12.9. The maximum absolute atomic E-state index is 14.1. The molecule has 1 N–H and O–H groups in total. The Bertz CT molecular complexity index is 1430. The third-order valence-electron chi connectivity index (χ3n) is 6.30. The molecular weight excluding hydrogens is 550 g/mol. The van der Waals surface area contributed by atoms with Gasteiger partial charge in [-0.15, -0.1) is 0 Å². The van der Waals surface area contributed by atoms with Crippen LogP contribution in [0.1, 0.15) is 30.5 Å². The molecule has 0 aliphatic rings. The molecule has 0 saturated carbocycles. The van der Waals surface area contributed by atoms with Crippen LogP contribution in [0.3, 0.4) is 0 Å². The number of hydrogen-bond donors (Lipinski definition) is 1. The smallest absolute Gasteiger partial charge is 0.244 e. The maximum atomic E-state index is 14.1. The van der Waals surface area contributed by atoms with Gasteiger partial charge in [0.15, 0.2) is 0 Å². The molecule has 0 saturated heterocycles. The normalized spacial score (nSPS) is 12.1. The predicted molar refractivity (Wildman–Crippen MR) is 159 cm³/mol. The minimum absolute atomic E-state index is 0.0657. The molecule has 2 amide bonds. The van der Waals surface area contributed by atoms with Crippen molar-refractivity contribution in [2.24, 2.45) is 0 Å². The highest BCUT2D eigenvalue weighted by Crippen LogP contribution is 2.26. The summed E-state index contributed by atoms with van der Waals surface area (Å²) in [5.41, 5.74) is 2.54. The Morgan fingerprint density at radius 1 is 0.975 bits per heavy atom. The molecule has 3 aromatic rings. The van der Waals surface area contributed by atoms with E-state index >= 15 is 0 Å². The van der Waals surface area contributed by atoms with Crippen LogP contribution in [-0.2, 0) is 32.6 Å². The van der Waals surface area contributed by atoms with E-state index in [-0.39, 0.29) is 24.9 Å². The SMILES string of the molecule is COc1cccc(CN(C(=O)CN(c2ccc(Cl)cc2C)S(C)(=O)=O)[C@H](Cc2ccccc2)C(=O)NC(C)C)c1. The summed E-state index contributed by atoms with van der Waals surface area (Å²) in [4.78, 5) is 29.1. The first-order valence-corrected chi connectivity index (χ1v) is 15.1. The number of methoxy groups -OCH3 is 1. The number of aryl methyl sites for hydroxylation is 1. The van der Waals surface area contributed by atoms with Gasteiger partial charge in [-0.05, 0) is 67.8 Å². The van der Waals surface area contributed by atoms with E-state index in [0.717, 1.165) is 21.7 Å². The van der Waals surface area contributed by atoms with Crippen LogP contribution in [0.2, 0.25) is 5.02 Å². The van der Waals surface area contributed by atoms with Crippen molar-refractivity contribution in [3.63, 3.8) is 0 Å². The molecule has 0 bridgehead atoms. The summed E-state index contributed by atoms with van der Waals surface area (Å²) >= 11 is 6.10. The van der Waals surface area contributed by atoms with Crippen molar-refractivity contribution in [1.29, 1.82) is 0 Å². The lowest BCUT2D eigenvalue weighted by atomic mass is 10.0. The van der Waals surface area contributed by atoms with Crippen molar-refractivity contribution in [2.45, 2.75) is 45.8 Å². The molecule has 1 atom stereocenters. The Morgan fingerprint density at radius 2 is 1.65 bits per heavy atom. The second kappa shape index (κ2) is 13.7. The topological polar surface area (TPSA) is 96.0 Å². The van der Waals surface area contributed by atoms with Crippen molar-refractivity contribution in [1.82, 2.24) is 10.2 Å². The Hall–Kier alpha value is -3.56. The third-order valence-corrected chi connectivity index (χ3v) is 7.66. The number of nitrogens with one attached hydrogen (secondary N) is 1. The quantitative estimate of drug-likeness (QED) is 0.335. The number of rotatable bonds is 12. The summed E-state index contributed by atoms with van der Waals surface area (Å²) in [6.45, 7) is 4.99. The largest absolute Gasteiger partial charge is 0.497 e. The van der Waals surface area contributed by atoms with Crippen LogP contribution in [-0.4, -0.2) is 57.1 Å². The van der Waals surface area contributed by atoms with E-state index in [9.17, 15) is 18.0 Å². The van der Waals surface area contributed by atoms with E-state index in [4.69, 9.17) is 16.3 Å². The third kappa shape index (κ3) is 8.47. The first-order chi connectivity index (χ1) is 18.9. The van der Waals surface area contributed by atoms with Crippen LogP contribution in [0.25, 0.3) is 0 Å². The fourth-order valence-electron chi connectivity index (χ4n) is 4.40. The summed E-state index contributed by atoms with van der Waals surface area (Å²) in [6.07, 6.45) is 1.29. The average Bonchev–Trinajstić information content (AvgIpc) is 2.89. The highest BCUT2D eigenvalue weighted by atomic mass is 35.5. The highest BCUT2D eigenvalue weighted by Gasteiger charge is 2.33. The number of sulfonamides is 1. The van der Waals surface area contributed by atoms with E-state index in [2.05, 4.69) is 5.32 Å². The molecule has 3 aromatic carbocycles. The summed E-state index contributed by atoms with van der Waals surface area (Å²) < 4.78 is 32.3. The maximum Gasteiger partial charge on any atom is 0.244 e. The van der Waals surface area contributed by atoms with E-state index < -0.39 is 28.5 Å². The number of amides is 2. The van der Waals surface area contributed by atoms with Crippen LogP contribution in [0.4, 0.5) is 5.69 Å². The van der Waals surface area contributed by atoms with Gasteiger partial charge in [0.2, 0.25) is 21.8 Å². The zero-order valence-corrected chi connectivity index (χ0v) is 25.0. The molecule has 0 spiro atoms. The van der Waals surface area contributed by atoms with Crippen molar-refractivity contribution in [2.75, 3.05) is 24.2 Å². The number of benzene rings is 3. The second-order valence-electron chi connectivity index (χ2n) is 9.94. The molecule has 0 radical (unpaired) electrons. The molecule has 0 fully saturated rings. The average molecular weight is 586 g/mol. The molecule has 0 aliphatic carbocycles. The Kier molecular flexibility index (Phi) is 10.6. The van der Waals surface area contributed by atoms with Gasteiger partial charge in [0.05, 0.1) is 19.1 Å². The van der Waals surface area contributed by atoms with Gasteiger partial charge in [-0.2, -0.15) is 0 Å². The first kappa shape index (κ1) is 31.0. The molecule has 0 unspecified atom stereocenters. The zero-order chi connectivity index (χ0) is 29.4. The fraction of sp³-hybridized carbons (Fsp3) is 0.333. The van der Waals surface area contributed by atoms with E-state index in [0.29, 0.717) is 22.0 Å². The number of carbonyl (C=O) groups excluding carboxylic acids is 2. The predicted octanol–water partition coefficient (Wildman–Crippen LogP) is 4.59. The summed E-state index contributed by atoms with van der Waals surface area (Å²) in [7, 11) is -2.32. The molecule has 3 rings (SSSR count). The Labute approximate surface area is 241 Å². The summed E-state index contributed by atoms with van der Waals surface area (Å²) in [5, 5.41) is 3.39. The molecule has 0 aliphatic heterocycles. The zero-order valence-electron chi connectivity index (χ0n) is 23.4. The van der Waals surface area contributed by atoms with Gasteiger partial charge in [0.1, 0.15) is 18.3 Å². The van der Waals surface area contributed by atoms with Gasteiger partial charge in [-0.25, -0.2) is 8.42 Å². The van der Waals surface area contributed by atoms with Crippen molar-refractivity contribution >= 4 is 39.1 Å². The van der Waals surface area contributed by atoms with Crippen molar-refractivity contribution in [3.8, 4) is 5.75 Å². The highest BCUT2D eigenvalue weighted by molar-refractivity contribution is 7.92. The van der Waals surface area contributed by atoms with Crippen LogP contribution in [0.15, 0.2) is 72.8 Å². The van der Waals surface area contributed by atoms with Gasteiger partial charge in [-0.1, -0.05) is 54.1 Å². The standard InChI is InChI=1S/C30H36ClN3O5S/c1-21(2)32-30(36)28(18-23-10-7-6-8-11-23)33(19-24-12-9-13-26(17-24)39-4)29(35)20-34(40(5,37)38)27-15-14-25(31)16-22(27)3/h6-17,21,28H,18-20H2,1-5H3,(H,32,36)/t28-/m1/s1. The molecule has 8 nitrogen and oxygen atoms in total. The van der Waals surface area contributed by atoms with Crippen molar-refractivity contribution < 1.29 is 22.7 Å². The number of carbonyl (C=O) groups is 2. The molecule has 0 heterocycles. The van der Waals surface area contributed by atoms with Crippen LogP contribution in [0, 0.1) is 6.92 Å². The summed E-state index contributed by atoms with van der Waals surface area (Å²) in [5.74, 6) is -0.253. The summed E-state index contributed by atoms with van der Waals surface area (Å²) in [6, 6.07) is 20.3. The second-order valence-corrected chi connectivity index (χ2v) is 12.3. The van der Waals surface area contributed by atoms with Gasteiger partial charge in [0.25, 0.3) is 0 Å². The molecule has 40 heavy (non-hydrogen) atoms. The minimum Gasteiger partial charge on any atom is -0.497 e. The number of anilines is 1. The minimum atomic E-state index is -3.87. The molecular formula is C30H36ClN3O5S. The van der Waals surface area contributed by atoms with Gasteiger partial charge < -0.3 is 15.0 Å². The van der Waals surface area contributed by atoms with Crippen molar-refractivity contribution in [3.05, 3.63) is 94.5 Å². The monoisotopic (exact) mass is 585 g/mol. The number of ether oxygens (including phenoxy) is 1. The molecule has 10 heteroatoms. The number of halogens is 1. The fourth-order valence-corrected chi connectivity index (χ4v) is 5.53. The van der Waals surface area contributed by atoms with Crippen LogP contribution >= 0.6 is 11.6 Å². The molecule has 0 aromatic heterocycles. The van der Waals surface area contributed by atoms with Crippen LogP contribution in [0.5, 0.6) is 5.75 Å². The Morgan fingerprint density at radius 3 is 2.25 bits per heavy atom. The van der Waals surface area contributed by atoms with Gasteiger partial charge >= 0.3 is 0 Å². The van der Waals surface area contributed by atoms with E-state index in [1.807, 2.05) is 50.2 Å². The lowest BCUT2D eigenvalue weighted by Crippen LogP contribution is -2.54. The van der Waals surface area contributed by atoms with Gasteiger partial charge in [-0.3, -0.25) is 13.9 Å². The molecule has 214 valence electrons. The van der Waals surface area contributed by atoms with Gasteiger partial charge in [0, 0.05) is 24.0 Å². The lowest BCUT2D eigenvalue weighted by Gasteiger charge is -2.34.